The Labute approximate surface area is 159 Å². The summed E-state index contributed by atoms with van der Waals surface area (Å²) in [4.78, 5) is 11.4. The van der Waals surface area contributed by atoms with Crippen LogP contribution in [0.2, 0.25) is 0 Å². The zero-order valence-corrected chi connectivity index (χ0v) is 16.6. The number of aryl methyl sites for hydroxylation is 1. The number of morpholine rings is 1. The third-order valence-corrected chi connectivity index (χ3v) is 4.38. The van der Waals surface area contributed by atoms with Gasteiger partial charge in [0.25, 0.3) is 0 Å². The van der Waals surface area contributed by atoms with E-state index in [0.29, 0.717) is 25.5 Å². The van der Waals surface area contributed by atoms with Crippen LogP contribution in [0.3, 0.4) is 0 Å². The maximum absolute atomic E-state index is 5.92. The van der Waals surface area contributed by atoms with Gasteiger partial charge >= 0.3 is 0 Å². The fourth-order valence-corrected chi connectivity index (χ4v) is 2.94. The van der Waals surface area contributed by atoms with Gasteiger partial charge in [-0.1, -0.05) is 19.0 Å². The van der Waals surface area contributed by atoms with E-state index >= 15 is 0 Å². The van der Waals surface area contributed by atoms with Crippen LogP contribution < -0.4 is 5.32 Å². The molecule has 1 unspecified atom stereocenters. The molecule has 27 heavy (non-hydrogen) atoms. The smallest absolute Gasteiger partial charge is 0.228 e. The quantitative estimate of drug-likeness (QED) is 0.604. The monoisotopic (exact) mass is 375 g/mol. The molecule has 2 aromatic heterocycles. The van der Waals surface area contributed by atoms with Crippen LogP contribution in [0, 0.1) is 0 Å². The van der Waals surface area contributed by atoms with Gasteiger partial charge in [-0.25, -0.2) is 0 Å². The number of hydrogen-bond acceptors (Lipinski definition) is 6. The molecule has 1 saturated heterocycles. The molecule has 148 valence electrons. The van der Waals surface area contributed by atoms with Gasteiger partial charge in [-0.2, -0.15) is 10.1 Å². The van der Waals surface area contributed by atoms with Crippen molar-refractivity contribution in [2.75, 3.05) is 32.8 Å². The van der Waals surface area contributed by atoms with E-state index in [9.17, 15) is 0 Å². The molecule has 0 saturated carbocycles. The van der Waals surface area contributed by atoms with Crippen LogP contribution in [0.1, 0.15) is 50.1 Å². The average Bonchev–Trinajstić information content (AvgIpc) is 3.30. The minimum Gasteiger partial charge on any atom is -0.370 e. The highest BCUT2D eigenvalue weighted by atomic mass is 16.5. The Morgan fingerprint density at radius 3 is 2.96 bits per heavy atom. The van der Waals surface area contributed by atoms with Gasteiger partial charge in [-0.3, -0.25) is 9.67 Å². The standard InChI is InChI=1S/C18H29N7O2/c1-5-19-18(20-7-6-16-22-17(13(2)3)23-27-16)25-8-9-26-15(12-25)14-10-21-24(4)11-14/h10-11,13,15H,5-9,12H2,1-4H3,(H,19,20). The summed E-state index contributed by atoms with van der Waals surface area (Å²) in [7, 11) is 1.91. The van der Waals surface area contributed by atoms with E-state index in [-0.39, 0.29) is 12.0 Å². The lowest BCUT2D eigenvalue weighted by Gasteiger charge is -2.34. The highest BCUT2D eigenvalue weighted by Crippen LogP contribution is 2.21. The van der Waals surface area contributed by atoms with Gasteiger partial charge in [0.2, 0.25) is 5.89 Å². The predicted octanol–water partition coefficient (Wildman–Crippen LogP) is 1.51. The maximum Gasteiger partial charge on any atom is 0.228 e. The third-order valence-electron chi connectivity index (χ3n) is 4.38. The van der Waals surface area contributed by atoms with Gasteiger partial charge in [-0.05, 0) is 6.92 Å². The fraction of sp³-hybridized carbons (Fsp3) is 0.667. The number of hydrogen-bond donors (Lipinski definition) is 1. The first-order valence-electron chi connectivity index (χ1n) is 9.52. The van der Waals surface area contributed by atoms with Crippen LogP contribution in [-0.4, -0.2) is 63.6 Å². The topological polar surface area (TPSA) is 93.6 Å². The number of aliphatic imine (C=N–C) groups is 1. The van der Waals surface area contributed by atoms with Crippen molar-refractivity contribution in [2.24, 2.45) is 12.0 Å². The molecule has 9 nitrogen and oxygen atoms in total. The fourth-order valence-electron chi connectivity index (χ4n) is 2.94. The van der Waals surface area contributed by atoms with Gasteiger partial charge in [0.05, 0.1) is 25.9 Å². The molecule has 0 aromatic carbocycles. The SMILES string of the molecule is CCNC(=NCCc1nc(C(C)C)no1)N1CCOC(c2cnn(C)c2)C1. The molecule has 1 aliphatic heterocycles. The Hall–Kier alpha value is -2.42. The highest BCUT2D eigenvalue weighted by molar-refractivity contribution is 5.80. The molecular weight excluding hydrogens is 346 g/mol. The summed E-state index contributed by atoms with van der Waals surface area (Å²) in [6.07, 6.45) is 4.49. The van der Waals surface area contributed by atoms with E-state index in [0.717, 1.165) is 37.0 Å². The second-order valence-corrected chi connectivity index (χ2v) is 6.94. The van der Waals surface area contributed by atoms with Crippen LogP contribution in [0.25, 0.3) is 0 Å². The number of nitrogens with one attached hydrogen (secondary N) is 1. The number of rotatable bonds is 6. The molecule has 1 fully saturated rings. The van der Waals surface area contributed by atoms with Crippen molar-refractivity contribution in [1.29, 1.82) is 0 Å². The minimum absolute atomic E-state index is 0.000784. The normalized spacial score (nSPS) is 18.3. The zero-order chi connectivity index (χ0) is 19.2. The highest BCUT2D eigenvalue weighted by Gasteiger charge is 2.25. The van der Waals surface area contributed by atoms with Crippen molar-refractivity contribution in [3.05, 3.63) is 29.7 Å². The Morgan fingerprint density at radius 2 is 2.30 bits per heavy atom. The minimum atomic E-state index is 0.000784. The summed E-state index contributed by atoms with van der Waals surface area (Å²) >= 11 is 0. The summed E-state index contributed by atoms with van der Waals surface area (Å²) in [6.45, 7) is 9.78. The molecule has 0 radical (unpaired) electrons. The van der Waals surface area contributed by atoms with Crippen molar-refractivity contribution in [1.82, 2.24) is 30.1 Å². The van der Waals surface area contributed by atoms with Crippen LogP contribution >= 0.6 is 0 Å². The Balaban J connectivity index is 1.61. The van der Waals surface area contributed by atoms with E-state index in [1.165, 1.54) is 0 Å². The molecule has 0 aliphatic carbocycles. The molecule has 3 rings (SSSR count). The summed E-state index contributed by atoms with van der Waals surface area (Å²) in [5, 5.41) is 11.6. The number of aromatic nitrogens is 4. The van der Waals surface area contributed by atoms with Crippen LogP contribution in [-0.2, 0) is 18.2 Å². The lowest BCUT2D eigenvalue weighted by Crippen LogP contribution is -2.48. The Bertz CT molecular complexity index is 752. The molecule has 0 spiro atoms. The first kappa shape index (κ1) is 19.3. The molecule has 1 N–H and O–H groups in total. The number of guanidine groups is 1. The first-order chi connectivity index (χ1) is 13.1. The number of nitrogens with zero attached hydrogens (tertiary/aromatic N) is 6. The van der Waals surface area contributed by atoms with Gasteiger partial charge in [0.1, 0.15) is 6.10 Å². The lowest BCUT2D eigenvalue weighted by molar-refractivity contribution is -0.00804. The van der Waals surface area contributed by atoms with Crippen molar-refractivity contribution in [3.8, 4) is 0 Å². The summed E-state index contributed by atoms with van der Waals surface area (Å²) < 4.78 is 13.0. The summed E-state index contributed by atoms with van der Waals surface area (Å²) in [5.74, 6) is 2.53. The van der Waals surface area contributed by atoms with E-state index in [2.05, 4.69) is 32.4 Å². The van der Waals surface area contributed by atoms with Gasteiger partial charge in [0, 0.05) is 44.2 Å². The molecule has 2 aromatic rings. The molecule has 9 heteroatoms. The largest absolute Gasteiger partial charge is 0.370 e. The first-order valence-corrected chi connectivity index (χ1v) is 9.52. The molecule has 1 atom stereocenters. The van der Waals surface area contributed by atoms with Crippen molar-refractivity contribution in [3.63, 3.8) is 0 Å². The van der Waals surface area contributed by atoms with Gasteiger partial charge < -0.3 is 19.5 Å². The molecule has 0 bridgehead atoms. The van der Waals surface area contributed by atoms with E-state index in [4.69, 9.17) is 14.3 Å². The van der Waals surface area contributed by atoms with Crippen molar-refractivity contribution in [2.45, 2.75) is 39.2 Å². The summed E-state index contributed by atoms with van der Waals surface area (Å²) in [5.41, 5.74) is 1.09. The van der Waals surface area contributed by atoms with Crippen LogP contribution in [0.5, 0.6) is 0 Å². The second-order valence-electron chi connectivity index (χ2n) is 6.94. The second kappa shape index (κ2) is 8.98. The summed E-state index contributed by atoms with van der Waals surface area (Å²) in [6, 6.07) is 0. The van der Waals surface area contributed by atoms with E-state index < -0.39 is 0 Å². The van der Waals surface area contributed by atoms with Gasteiger partial charge in [0.15, 0.2) is 11.8 Å². The van der Waals surface area contributed by atoms with Crippen LogP contribution in [0.4, 0.5) is 0 Å². The molecular formula is C18H29N7O2. The van der Waals surface area contributed by atoms with Crippen molar-refractivity contribution < 1.29 is 9.26 Å². The zero-order valence-electron chi connectivity index (χ0n) is 16.6. The lowest BCUT2D eigenvalue weighted by atomic mass is 10.1. The van der Waals surface area contributed by atoms with Crippen LogP contribution in [0.15, 0.2) is 21.9 Å². The van der Waals surface area contributed by atoms with E-state index in [1.54, 1.807) is 4.68 Å². The Kier molecular flexibility index (Phi) is 6.44. The Morgan fingerprint density at radius 1 is 1.44 bits per heavy atom. The third kappa shape index (κ3) is 5.06. The van der Waals surface area contributed by atoms with E-state index in [1.807, 2.05) is 33.3 Å². The molecule has 1 aliphatic rings. The van der Waals surface area contributed by atoms with Crippen molar-refractivity contribution >= 4 is 5.96 Å². The predicted molar refractivity (Wildman–Crippen MR) is 102 cm³/mol. The number of ether oxygens (including phenoxy) is 1. The molecule has 3 heterocycles. The average molecular weight is 375 g/mol. The van der Waals surface area contributed by atoms with Gasteiger partial charge in [-0.15, -0.1) is 0 Å². The maximum atomic E-state index is 5.92. The molecule has 0 amide bonds.